The van der Waals surface area contributed by atoms with Crippen molar-refractivity contribution in [3.63, 3.8) is 0 Å². The molecule has 1 unspecified atom stereocenters. The SMILES string of the molecule is O=C(C=Cc1ccc(Cl)cc1)OC(c1cccc(F)c1)c1ccccn1. The van der Waals surface area contributed by atoms with Crippen molar-refractivity contribution >= 4 is 23.6 Å². The zero-order valence-electron chi connectivity index (χ0n) is 13.7. The standard InChI is InChI=1S/C21H15ClFNO2/c22-17-10-7-15(8-11-17)9-12-20(25)26-21(19-6-1-2-13-24-19)16-4-3-5-18(23)14-16/h1-14,21H. The number of pyridine rings is 1. The Hall–Kier alpha value is -2.98. The highest BCUT2D eigenvalue weighted by atomic mass is 35.5. The second kappa shape index (κ2) is 8.41. The summed E-state index contributed by atoms with van der Waals surface area (Å²) in [5, 5.41) is 0.617. The van der Waals surface area contributed by atoms with E-state index in [9.17, 15) is 9.18 Å². The predicted molar refractivity (Wildman–Crippen MR) is 99.1 cm³/mol. The van der Waals surface area contributed by atoms with Crippen molar-refractivity contribution in [2.75, 3.05) is 0 Å². The summed E-state index contributed by atoms with van der Waals surface area (Å²) in [4.78, 5) is 16.5. The van der Waals surface area contributed by atoms with Crippen LogP contribution in [0.15, 0.2) is 79.0 Å². The van der Waals surface area contributed by atoms with Crippen LogP contribution in [0.4, 0.5) is 4.39 Å². The van der Waals surface area contributed by atoms with E-state index in [1.54, 1.807) is 66.9 Å². The molecule has 0 bridgehead atoms. The Balaban J connectivity index is 1.81. The number of esters is 1. The van der Waals surface area contributed by atoms with Gasteiger partial charge >= 0.3 is 5.97 Å². The molecule has 0 fully saturated rings. The lowest BCUT2D eigenvalue weighted by atomic mass is 10.1. The molecule has 3 rings (SSSR count). The summed E-state index contributed by atoms with van der Waals surface area (Å²) < 4.78 is 19.1. The minimum Gasteiger partial charge on any atom is -0.448 e. The summed E-state index contributed by atoms with van der Waals surface area (Å²) in [5.74, 6) is -0.962. The molecule has 0 radical (unpaired) electrons. The van der Waals surface area contributed by atoms with Crippen LogP contribution >= 0.6 is 11.6 Å². The van der Waals surface area contributed by atoms with Gasteiger partial charge in [-0.2, -0.15) is 0 Å². The summed E-state index contributed by atoms with van der Waals surface area (Å²) in [6.45, 7) is 0. The molecule has 0 aliphatic carbocycles. The maximum atomic E-state index is 13.6. The Morgan fingerprint density at radius 1 is 1.08 bits per heavy atom. The van der Waals surface area contributed by atoms with Crippen LogP contribution in [0.1, 0.15) is 22.9 Å². The number of ether oxygens (including phenoxy) is 1. The van der Waals surface area contributed by atoms with E-state index < -0.39 is 17.9 Å². The molecule has 5 heteroatoms. The average Bonchev–Trinajstić information content (AvgIpc) is 2.66. The molecule has 1 atom stereocenters. The molecule has 0 aliphatic rings. The second-order valence-corrected chi connectivity index (χ2v) is 5.95. The molecule has 26 heavy (non-hydrogen) atoms. The molecule has 130 valence electrons. The number of nitrogens with zero attached hydrogens (tertiary/aromatic N) is 1. The van der Waals surface area contributed by atoms with E-state index in [2.05, 4.69) is 4.98 Å². The quantitative estimate of drug-likeness (QED) is 0.458. The van der Waals surface area contributed by atoms with Gasteiger partial charge in [0.25, 0.3) is 0 Å². The fourth-order valence-corrected chi connectivity index (χ4v) is 2.52. The highest BCUT2D eigenvalue weighted by Gasteiger charge is 2.19. The van der Waals surface area contributed by atoms with Crippen LogP contribution in [-0.2, 0) is 9.53 Å². The smallest absolute Gasteiger partial charge is 0.331 e. The van der Waals surface area contributed by atoms with Gasteiger partial charge in [-0.1, -0.05) is 41.9 Å². The van der Waals surface area contributed by atoms with Gasteiger partial charge in [-0.15, -0.1) is 0 Å². The van der Waals surface area contributed by atoms with E-state index in [1.807, 2.05) is 0 Å². The van der Waals surface area contributed by atoms with E-state index in [0.717, 1.165) is 5.56 Å². The van der Waals surface area contributed by atoms with Crippen LogP contribution in [-0.4, -0.2) is 11.0 Å². The molecule has 1 aromatic heterocycles. The van der Waals surface area contributed by atoms with Crippen LogP contribution in [0.5, 0.6) is 0 Å². The fraction of sp³-hybridized carbons (Fsp3) is 0.0476. The topological polar surface area (TPSA) is 39.2 Å². The lowest BCUT2D eigenvalue weighted by Crippen LogP contribution is -2.12. The van der Waals surface area contributed by atoms with Gasteiger partial charge < -0.3 is 4.74 Å². The monoisotopic (exact) mass is 367 g/mol. The number of hydrogen-bond acceptors (Lipinski definition) is 3. The van der Waals surface area contributed by atoms with E-state index in [0.29, 0.717) is 16.3 Å². The van der Waals surface area contributed by atoms with Crippen LogP contribution in [0, 0.1) is 5.82 Å². The maximum Gasteiger partial charge on any atom is 0.331 e. The number of carbonyl (C=O) groups is 1. The van der Waals surface area contributed by atoms with Gasteiger partial charge in [0.05, 0.1) is 5.69 Å². The Kier molecular flexibility index (Phi) is 5.77. The normalized spacial score (nSPS) is 12.1. The van der Waals surface area contributed by atoms with Crippen LogP contribution < -0.4 is 0 Å². The summed E-state index contributed by atoms with van der Waals surface area (Å²) in [7, 11) is 0. The lowest BCUT2D eigenvalue weighted by molar-refractivity contribution is -0.141. The largest absolute Gasteiger partial charge is 0.448 e. The first kappa shape index (κ1) is 17.8. The fourth-order valence-electron chi connectivity index (χ4n) is 2.39. The number of benzene rings is 2. The second-order valence-electron chi connectivity index (χ2n) is 5.51. The van der Waals surface area contributed by atoms with Crippen LogP contribution in [0.3, 0.4) is 0 Å². The van der Waals surface area contributed by atoms with Crippen molar-refractivity contribution in [3.8, 4) is 0 Å². The van der Waals surface area contributed by atoms with Crippen molar-refractivity contribution in [1.82, 2.24) is 4.98 Å². The van der Waals surface area contributed by atoms with Crippen molar-refractivity contribution < 1.29 is 13.9 Å². The van der Waals surface area contributed by atoms with Gasteiger partial charge in [-0.3, -0.25) is 4.98 Å². The van der Waals surface area contributed by atoms with Gasteiger partial charge in [-0.05, 0) is 48.0 Å². The van der Waals surface area contributed by atoms with E-state index in [-0.39, 0.29) is 0 Å². The minimum atomic E-state index is -0.797. The highest BCUT2D eigenvalue weighted by molar-refractivity contribution is 6.30. The van der Waals surface area contributed by atoms with Crippen LogP contribution in [0.2, 0.25) is 5.02 Å². The van der Waals surface area contributed by atoms with Crippen LogP contribution in [0.25, 0.3) is 6.08 Å². The van der Waals surface area contributed by atoms with Crippen molar-refractivity contribution in [2.45, 2.75) is 6.10 Å². The average molecular weight is 368 g/mol. The lowest BCUT2D eigenvalue weighted by Gasteiger charge is -2.17. The molecule has 1 heterocycles. The first-order valence-corrected chi connectivity index (χ1v) is 8.30. The van der Waals surface area contributed by atoms with Crippen molar-refractivity contribution in [3.05, 3.63) is 107 Å². The van der Waals surface area contributed by atoms with Gasteiger partial charge in [-0.25, -0.2) is 9.18 Å². The molecule has 0 spiro atoms. The third-order valence-electron chi connectivity index (χ3n) is 3.62. The number of rotatable bonds is 5. The molecule has 3 nitrogen and oxygen atoms in total. The Labute approximate surface area is 155 Å². The molecular weight excluding hydrogens is 353 g/mol. The Morgan fingerprint density at radius 3 is 2.58 bits per heavy atom. The van der Waals surface area contributed by atoms with E-state index in [1.165, 1.54) is 18.2 Å². The molecule has 0 N–H and O–H groups in total. The van der Waals surface area contributed by atoms with E-state index in [4.69, 9.17) is 16.3 Å². The molecule has 0 aliphatic heterocycles. The zero-order chi connectivity index (χ0) is 18.4. The Morgan fingerprint density at radius 2 is 1.88 bits per heavy atom. The summed E-state index contributed by atoms with van der Waals surface area (Å²) >= 11 is 5.84. The first-order chi connectivity index (χ1) is 12.6. The molecule has 0 saturated carbocycles. The summed E-state index contributed by atoms with van der Waals surface area (Å²) in [6.07, 6.45) is 3.74. The highest BCUT2D eigenvalue weighted by Crippen LogP contribution is 2.25. The number of carbonyl (C=O) groups excluding carboxylic acids is 1. The first-order valence-electron chi connectivity index (χ1n) is 7.92. The number of halogens is 2. The van der Waals surface area contributed by atoms with Gasteiger partial charge in [0, 0.05) is 22.9 Å². The van der Waals surface area contributed by atoms with E-state index >= 15 is 0 Å². The number of aromatic nitrogens is 1. The zero-order valence-corrected chi connectivity index (χ0v) is 14.4. The third-order valence-corrected chi connectivity index (χ3v) is 3.88. The van der Waals surface area contributed by atoms with Crippen molar-refractivity contribution in [2.24, 2.45) is 0 Å². The van der Waals surface area contributed by atoms with Crippen molar-refractivity contribution in [1.29, 1.82) is 0 Å². The Bertz CT molecular complexity index is 911. The third kappa shape index (κ3) is 4.77. The van der Waals surface area contributed by atoms with Gasteiger partial charge in [0.2, 0.25) is 0 Å². The molecule has 0 saturated heterocycles. The van der Waals surface area contributed by atoms with Gasteiger partial charge in [0.15, 0.2) is 6.10 Å². The van der Waals surface area contributed by atoms with Gasteiger partial charge in [0.1, 0.15) is 5.82 Å². The molecule has 3 aromatic rings. The predicted octanol–water partition coefficient (Wildman–Crippen LogP) is 5.22. The molecule has 2 aromatic carbocycles. The number of hydrogen-bond donors (Lipinski definition) is 0. The molecular formula is C21H15ClFNO2. The molecule has 0 amide bonds. The maximum absolute atomic E-state index is 13.6. The summed E-state index contributed by atoms with van der Waals surface area (Å²) in [5.41, 5.74) is 1.84. The summed E-state index contributed by atoms with van der Waals surface area (Å²) in [6, 6.07) is 18.2. The minimum absolute atomic E-state index is 0.406.